The van der Waals surface area contributed by atoms with Crippen molar-refractivity contribution in [3.8, 4) is 0 Å². The van der Waals surface area contributed by atoms with E-state index in [1.807, 2.05) is 11.8 Å². The summed E-state index contributed by atoms with van der Waals surface area (Å²) in [6.45, 7) is -0.00991. The van der Waals surface area contributed by atoms with Gasteiger partial charge in [-0.3, -0.25) is 0 Å². The molecule has 78 valence electrons. The highest BCUT2D eigenvalue weighted by Crippen LogP contribution is 2.25. The molecule has 1 rings (SSSR count). The van der Waals surface area contributed by atoms with Crippen molar-refractivity contribution in [3.63, 3.8) is 0 Å². The van der Waals surface area contributed by atoms with E-state index in [0.29, 0.717) is 5.92 Å². The molecule has 1 aliphatic heterocycles. The molecule has 13 heavy (non-hydrogen) atoms. The van der Waals surface area contributed by atoms with Gasteiger partial charge in [0.05, 0.1) is 13.1 Å². The number of nitrogens with zero attached hydrogens (tertiary/aromatic N) is 1. The zero-order valence-corrected chi connectivity index (χ0v) is 8.62. The van der Waals surface area contributed by atoms with Crippen LogP contribution in [0.3, 0.4) is 0 Å². The summed E-state index contributed by atoms with van der Waals surface area (Å²) in [5.41, 5.74) is 4.95. The molecule has 0 aliphatic carbocycles. The van der Waals surface area contributed by atoms with E-state index in [2.05, 4.69) is 0 Å². The second-order valence-corrected chi connectivity index (χ2v) is 4.74. The van der Waals surface area contributed by atoms with Crippen LogP contribution in [0.5, 0.6) is 0 Å². The van der Waals surface area contributed by atoms with Crippen molar-refractivity contribution in [2.24, 2.45) is 11.7 Å². The van der Waals surface area contributed by atoms with E-state index in [1.54, 1.807) is 11.9 Å². The molecule has 0 aromatic heterocycles. The number of thioether (sulfide) groups is 1. The molecular formula is C8H16F2N2S. The Morgan fingerprint density at radius 1 is 1.54 bits per heavy atom. The van der Waals surface area contributed by atoms with Gasteiger partial charge in [0.1, 0.15) is 0 Å². The Morgan fingerprint density at radius 2 is 2.15 bits per heavy atom. The van der Waals surface area contributed by atoms with Gasteiger partial charge in [0.25, 0.3) is 5.92 Å². The summed E-state index contributed by atoms with van der Waals surface area (Å²) < 4.78 is 25.6. The summed E-state index contributed by atoms with van der Waals surface area (Å²) in [5, 5.41) is 0. The minimum absolute atomic E-state index is 0.218. The molecule has 1 saturated heterocycles. The Labute approximate surface area is 81.8 Å². The lowest BCUT2D eigenvalue weighted by atomic mass is 10.2. The van der Waals surface area contributed by atoms with Gasteiger partial charge in [0.2, 0.25) is 0 Å². The molecule has 1 aliphatic rings. The smallest absolute Gasteiger partial charge is 0.272 e. The summed E-state index contributed by atoms with van der Waals surface area (Å²) in [5.74, 6) is 0.0893. The average molecular weight is 210 g/mol. The molecule has 0 radical (unpaired) electrons. The fraction of sp³-hybridized carbons (Fsp3) is 1.00. The number of rotatable bonds is 5. The number of halogens is 2. The topological polar surface area (TPSA) is 29.3 Å². The largest absolute Gasteiger partial charge is 0.325 e. The highest BCUT2D eigenvalue weighted by Gasteiger charge is 2.30. The van der Waals surface area contributed by atoms with Crippen LogP contribution in [0.4, 0.5) is 8.78 Å². The number of hydrogen-bond donors (Lipinski definition) is 1. The summed E-state index contributed by atoms with van der Waals surface area (Å²) in [4.78, 5) is 1.68. The third-order valence-electron chi connectivity index (χ3n) is 2.08. The molecule has 0 aromatic rings. The Bertz CT molecular complexity index is 162. The van der Waals surface area contributed by atoms with Crippen LogP contribution < -0.4 is 5.73 Å². The van der Waals surface area contributed by atoms with E-state index in [4.69, 9.17) is 5.73 Å². The highest BCUT2D eigenvalue weighted by molar-refractivity contribution is 8.00. The molecule has 0 spiro atoms. The molecule has 1 fully saturated rings. The van der Waals surface area contributed by atoms with E-state index in [9.17, 15) is 8.78 Å². The second-order valence-electron chi connectivity index (χ2n) is 3.66. The minimum Gasteiger partial charge on any atom is -0.325 e. The molecule has 0 bridgehead atoms. The predicted molar refractivity (Wildman–Crippen MR) is 52.3 cm³/mol. The van der Waals surface area contributed by atoms with Gasteiger partial charge in [0, 0.05) is 6.54 Å². The molecule has 0 saturated carbocycles. The molecule has 0 atom stereocenters. The monoisotopic (exact) mass is 210 g/mol. The molecular weight excluding hydrogens is 194 g/mol. The number of alkyl halides is 2. The van der Waals surface area contributed by atoms with Crippen molar-refractivity contribution < 1.29 is 8.78 Å². The van der Waals surface area contributed by atoms with Crippen LogP contribution in [0.1, 0.15) is 0 Å². The van der Waals surface area contributed by atoms with Gasteiger partial charge >= 0.3 is 0 Å². The third kappa shape index (κ3) is 3.79. The Balaban J connectivity index is 2.19. The van der Waals surface area contributed by atoms with Crippen LogP contribution in [0.25, 0.3) is 0 Å². The maximum absolute atomic E-state index is 12.8. The predicted octanol–water partition coefficient (Wildman–Crippen LogP) is 0.875. The van der Waals surface area contributed by atoms with Crippen LogP contribution >= 0.6 is 11.8 Å². The Hall–Kier alpha value is 0.130. The first-order chi connectivity index (χ1) is 6.03. The SMILES string of the molecule is CN(CC1CSC1)CC(F)(F)CN. The van der Waals surface area contributed by atoms with Crippen LogP contribution in [0.2, 0.25) is 0 Å². The van der Waals surface area contributed by atoms with Gasteiger partial charge in [-0.1, -0.05) is 0 Å². The normalized spacial score (nSPS) is 19.2. The van der Waals surface area contributed by atoms with E-state index in [0.717, 1.165) is 18.1 Å². The lowest BCUT2D eigenvalue weighted by molar-refractivity contribution is -0.0194. The molecule has 2 N–H and O–H groups in total. The van der Waals surface area contributed by atoms with Gasteiger partial charge in [-0.2, -0.15) is 11.8 Å². The third-order valence-corrected chi connectivity index (χ3v) is 3.49. The molecule has 0 amide bonds. The van der Waals surface area contributed by atoms with E-state index < -0.39 is 12.5 Å². The molecule has 0 unspecified atom stereocenters. The van der Waals surface area contributed by atoms with Gasteiger partial charge in [-0.25, -0.2) is 8.78 Å². The molecule has 2 nitrogen and oxygen atoms in total. The Morgan fingerprint density at radius 3 is 2.54 bits per heavy atom. The molecule has 0 aromatic carbocycles. The molecule has 1 heterocycles. The maximum atomic E-state index is 12.8. The first-order valence-corrected chi connectivity index (χ1v) is 5.53. The first kappa shape index (κ1) is 11.2. The summed E-state index contributed by atoms with van der Waals surface area (Å²) in [6.07, 6.45) is 0. The number of nitrogens with two attached hydrogens (primary N) is 1. The zero-order chi connectivity index (χ0) is 9.90. The summed E-state index contributed by atoms with van der Waals surface area (Å²) in [6, 6.07) is 0. The van der Waals surface area contributed by atoms with Gasteiger partial charge in [0.15, 0.2) is 0 Å². The fourth-order valence-electron chi connectivity index (χ4n) is 1.35. The quantitative estimate of drug-likeness (QED) is 0.730. The summed E-state index contributed by atoms with van der Waals surface area (Å²) >= 11 is 1.87. The molecule has 5 heteroatoms. The van der Waals surface area contributed by atoms with Gasteiger partial charge < -0.3 is 10.6 Å². The maximum Gasteiger partial charge on any atom is 0.272 e. The van der Waals surface area contributed by atoms with Crippen LogP contribution in [-0.4, -0.2) is 49.0 Å². The van der Waals surface area contributed by atoms with Crippen molar-refractivity contribution in [3.05, 3.63) is 0 Å². The van der Waals surface area contributed by atoms with Gasteiger partial charge in [-0.05, 0) is 24.5 Å². The van der Waals surface area contributed by atoms with Crippen molar-refractivity contribution in [2.75, 3.05) is 38.2 Å². The van der Waals surface area contributed by atoms with Crippen LogP contribution in [0, 0.1) is 5.92 Å². The van der Waals surface area contributed by atoms with Crippen LogP contribution in [-0.2, 0) is 0 Å². The average Bonchev–Trinajstić information content (AvgIpc) is 1.96. The van der Waals surface area contributed by atoms with Crippen LogP contribution in [0.15, 0.2) is 0 Å². The summed E-state index contributed by atoms with van der Waals surface area (Å²) in [7, 11) is 1.73. The van der Waals surface area contributed by atoms with Crippen molar-refractivity contribution in [1.82, 2.24) is 4.90 Å². The second kappa shape index (κ2) is 4.57. The van der Waals surface area contributed by atoms with Crippen molar-refractivity contribution in [1.29, 1.82) is 0 Å². The van der Waals surface area contributed by atoms with Crippen molar-refractivity contribution >= 4 is 11.8 Å². The van der Waals surface area contributed by atoms with E-state index in [-0.39, 0.29) is 6.54 Å². The fourth-order valence-corrected chi connectivity index (χ4v) is 2.13. The Kier molecular flexibility index (Phi) is 3.94. The minimum atomic E-state index is -2.73. The zero-order valence-electron chi connectivity index (χ0n) is 7.80. The highest BCUT2D eigenvalue weighted by atomic mass is 32.2. The lowest BCUT2D eigenvalue weighted by Gasteiger charge is -2.31. The lowest BCUT2D eigenvalue weighted by Crippen LogP contribution is -2.43. The first-order valence-electron chi connectivity index (χ1n) is 4.38. The van der Waals surface area contributed by atoms with Gasteiger partial charge in [-0.15, -0.1) is 0 Å². The number of hydrogen-bond acceptors (Lipinski definition) is 3. The van der Waals surface area contributed by atoms with E-state index >= 15 is 0 Å². The van der Waals surface area contributed by atoms with Crippen molar-refractivity contribution in [2.45, 2.75) is 5.92 Å². The standard InChI is InChI=1S/C8H16F2N2S/c1-12(2-7-3-13-4-7)6-8(9,10)5-11/h7H,2-6,11H2,1H3. The van der Waals surface area contributed by atoms with E-state index in [1.165, 1.54) is 0 Å².